The lowest BCUT2D eigenvalue weighted by atomic mass is 10.0. The Labute approximate surface area is 110 Å². The molecule has 1 rings (SSSR count). The average molecular weight is 254 g/mol. The molecule has 4 N–H and O–H groups in total. The van der Waals surface area contributed by atoms with Crippen LogP contribution in [0.1, 0.15) is 57.8 Å². The van der Waals surface area contributed by atoms with Crippen molar-refractivity contribution in [3.63, 3.8) is 0 Å². The van der Waals surface area contributed by atoms with E-state index >= 15 is 0 Å². The van der Waals surface area contributed by atoms with Crippen LogP contribution in [0.25, 0.3) is 0 Å². The molecule has 1 aliphatic rings. The second kappa shape index (κ2) is 9.11. The maximum atomic E-state index is 11.8. The molecule has 0 aromatic heterocycles. The third-order valence-electron chi connectivity index (χ3n) is 3.25. The summed E-state index contributed by atoms with van der Waals surface area (Å²) in [5, 5.41) is 0. The third-order valence-corrected chi connectivity index (χ3v) is 3.25. The number of allylic oxidation sites excluding steroid dienone is 2. The monoisotopic (exact) mass is 254 g/mol. The molecule has 0 spiro atoms. The van der Waals surface area contributed by atoms with E-state index in [2.05, 4.69) is 0 Å². The van der Waals surface area contributed by atoms with Crippen LogP contribution in [0.2, 0.25) is 0 Å². The van der Waals surface area contributed by atoms with Gasteiger partial charge in [0, 0.05) is 6.42 Å². The third kappa shape index (κ3) is 6.17. The number of hydrogen-bond acceptors (Lipinski definition) is 4. The van der Waals surface area contributed by atoms with E-state index in [4.69, 9.17) is 16.2 Å². The highest BCUT2D eigenvalue weighted by Crippen LogP contribution is 2.18. The molecular formula is C14H26N2O2. The second-order valence-corrected chi connectivity index (χ2v) is 4.94. The van der Waals surface area contributed by atoms with Gasteiger partial charge in [-0.05, 0) is 44.7 Å². The van der Waals surface area contributed by atoms with Crippen molar-refractivity contribution in [2.24, 2.45) is 11.5 Å². The number of rotatable bonds is 6. The summed E-state index contributed by atoms with van der Waals surface area (Å²) in [4.78, 5) is 11.8. The van der Waals surface area contributed by atoms with Gasteiger partial charge < -0.3 is 16.2 Å². The van der Waals surface area contributed by atoms with Crippen molar-refractivity contribution >= 4 is 5.97 Å². The summed E-state index contributed by atoms with van der Waals surface area (Å²) in [6, 6.07) is -0.511. The molecular weight excluding hydrogens is 228 g/mol. The van der Waals surface area contributed by atoms with E-state index in [1.54, 1.807) is 0 Å². The van der Waals surface area contributed by atoms with Crippen LogP contribution in [-0.2, 0) is 9.53 Å². The number of nitrogens with two attached hydrogens (primary N) is 2. The number of carbonyl (C=O) groups excluding carboxylic acids is 1. The van der Waals surface area contributed by atoms with Gasteiger partial charge in [0.1, 0.15) is 11.8 Å². The first-order chi connectivity index (χ1) is 8.74. The van der Waals surface area contributed by atoms with Crippen LogP contribution in [-0.4, -0.2) is 18.6 Å². The molecule has 0 amide bonds. The summed E-state index contributed by atoms with van der Waals surface area (Å²) in [5.74, 6) is 0.521. The van der Waals surface area contributed by atoms with Gasteiger partial charge in [0.05, 0.1) is 0 Å². The number of carbonyl (C=O) groups is 1. The van der Waals surface area contributed by atoms with Crippen LogP contribution in [0, 0.1) is 0 Å². The van der Waals surface area contributed by atoms with E-state index < -0.39 is 6.04 Å². The van der Waals surface area contributed by atoms with Gasteiger partial charge in [-0.2, -0.15) is 0 Å². The number of unbranched alkanes of at least 4 members (excludes halogenated alkanes) is 1. The molecule has 0 aliphatic heterocycles. The Morgan fingerprint density at radius 3 is 2.83 bits per heavy atom. The highest BCUT2D eigenvalue weighted by atomic mass is 16.5. The zero-order valence-electron chi connectivity index (χ0n) is 11.2. The van der Waals surface area contributed by atoms with Crippen molar-refractivity contribution in [2.75, 3.05) is 6.54 Å². The first-order valence-electron chi connectivity index (χ1n) is 7.10. The van der Waals surface area contributed by atoms with Gasteiger partial charge in [-0.1, -0.05) is 19.3 Å². The summed E-state index contributed by atoms with van der Waals surface area (Å²) in [6.07, 6.45) is 11.1. The van der Waals surface area contributed by atoms with E-state index in [9.17, 15) is 4.79 Å². The molecule has 0 aromatic carbocycles. The minimum absolute atomic E-state index is 0.293. The fourth-order valence-corrected chi connectivity index (χ4v) is 2.09. The number of ether oxygens (including phenoxy) is 1. The van der Waals surface area contributed by atoms with E-state index in [0.29, 0.717) is 13.0 Å². The summed E-state index contributed by atoms with van der Waals surface area (Å²) >= 11 is 0. The Hall–Kier alpha value is -0.870. The molecule has 0 heterocycles. The average Bonchev–Trinajstić information content (AvgIpc) is 2.32. The topological polar surface area (TPSA) is 78.3 Å². The fraction of sp³-hybridized carbons (Fsp3) is 0.786. The SMILES string of the molecule is NCCCC[C@H](N)C(=O)O/C1=C\CCCCCC1. The fourth-order valence-electron chi connectivity index (χ4n) is 2.09. The van der Waals surface area contributed by atoms with Gasteiger partial charge in [0.15, 0.2) is 0 Å². The van der Waals surface area contributed by atoms with E-state index in [1.165, 1.54) is 19.3 Å². The standard InChI is InChI=1S/C14H26N2O2/c15-11-7-6-10-13(16)14(17)18-12-8-4-2-1-3-5-9-12/h8,13H,1-7,9-11,15-16H2/b12-8-/t13-/m0/s1. The molecule has 0 bridgehead atoms. The van der Waals surface area contributed by atoms with Crippen LogP contribution < -0.4 is 11.5 Å². The highest BCUT2D eigenvalue weighted by molar-refractivity contribution is 5.76. The first kappa shape index (κ1) is 15.2. The molecule has 0 aromatic rings. The van der Waals surface area contributed by atoms with Crippen LogP contribution in [0.3, 0.4) is 0 Å². The Morgan fingerprint density at radius 1 is 1.28 bits per heavy atom. The molecule has 0 saturated heterocycles. The van der Waals surface area contributed by atoms with Crippen molar-refractivity contribution in [2.45, 2.75) is 63.8 Å². The lowest BCUT2D eigenvalue weighted by Gasteiger charge is -2.15. The summed E-state index contributed by atoms with van der Waals surface area (Å²) < 4.78 is 5.39. The van der Waals surface area contributed by atoms with Crippen LogP contribution in [0.5, 0.6) is 0 Å². The minimum Gasteiger partial charge on any atom is -0.430 e. The predicted molar refractivity (Wildman–Crippen MR) is 72.8 cm³/mol. The van der Waals surface area contributed by atoms with Gasteiger partial charge in [0.2, 0.25) is 0 Å². The highest BCUT2D eigenvalue weighted by Gasteiger charge is 2.16. The van der Waals surface area contributed by atoms with Crippen molar-refractivity contribution in [3.8, 4) is 0 Å². The van der Waals surface area contributed by atoms with E-state index in [-0.39, 0.29) is 5.97 Å². The zero-order valence-corrected chi connectivity index (χ0v) is 11.2. The van der Waals surface area contributed by atoms with Gasteiger partial charge in [-0.15, -0.1) is 0 Å². The van der Waals surface area contributed by atoms with E-state index in [0.717, 1.165) is 37.9 Å². The molecule has 4 nitrogen and oxygen atoms in total. The smallest absolute Gasteiger partial charge is 0.327 e. The second-order valence-electron chi connectivity index (χ2n) is 4.94. The predicted octanol–water partition coefficient (Wildman–Crippen LogP) is 2.22. The number of esters is 1. The van der Waals surface area contributed by atoms with Gasteiger partial charge in [0.25, 0.3) is 0 Å². The molecule has 104 valence electrons. The van der Waals surface area contributed by atoms with Crippen LogP contribution in [0.4, 0.5) is 0 Å². The van der Waals surface area contributed by atoms with Crippen molar-refractivity contribution < 1.29 is 9.53 Å². The van der Waals surface area contributed by atoms with Crippen molar-refractivity contribution in [3.05, 3.63) is 11.8 Å². The Balaban J connectivity index is 2.32. The normalized spacial score (nSPS) is 21.3. The molecule has 18 heavy (non-hydrogen) atoms. The maximum Gasteiger partial charge on any atom is 0.327 e. The lowest BCUT2D eigenvalue weighted by molar-refractivity contribution is -0.141. The van der Waals surface area contributed by atoms with E-state index in [1.807, 2.05) is 6.08 Å². The zero-order chi connectivity index (χ0) is 13.2. The lowest BCUT2D eigenvalue weighted by Crippen LogP contribution is -2.32. The molecule has 4 heteroatoms. The first-order valence-corrected chi connectivity index (χ1v) is 7.10. The summed E-state index contributed by atoms with van der Waals surface area (Å²) in [6.45, 7) is 0.646. The van der Waals surface area contributed by atoms with Crippen molar-refractivity contribution in [1.82, 2.24) is 0 Å². The largest absolute Gasteiger partial charge is 0.430 e. The molecule has 0 radical (unpaired) electrons. The van der Waals surface area contributed by atoms with Crippen LogP contribution in [0.15, 0.2) is 11.8 Å². The summed E-state index contributed by atoms with van der Waals surface area (Å²) in [7, 11) is 0. The Kier molecular flexibility index (Phi) is 7.69. The summed E-state index contributed by atoms with van der Waals surface area (Å²) in [5.41, 5.74) is 11.2. The molecule has 1 atom stereocenters. The number of hydrogen-bond donors (Lipinski definition) is 2. The molecule has 1 aliphatic carbocycles. The van der Waals surface area contributed by atoms with Gasteiger partial charge in [-0.3, -0.25) is 0 Å². The van der Waals surface area contributed by atoms with Gasteiger partial charge >= 0.3 is 5.97 Å². The minimum atomic E-state index is -0.511. The molecule has 0 saturated carbocycles. The quantitative estimate of drug-likeness (QED) is 0.563. The Morgan fingerprint density at radius 2 is 2.06 bits per heavy atom. The molecule has 0 fully saturated rings. The molecule has 0 unspecified atom stereocenters. The maximum absolute atomic E-state index is 11.8. The Bertz CT molecular complexity index is 277. The van der Waals surface area contributed by atoms with Crippen molar-refractivity contribution in [1.29, 1.82) is 0 Å². The van der Waals surface area contributed by atoms with Crippen LogP contribution >= 0.6 is 0 Å². The van der Waals surface area contributed by atoms with Gasteiger partial charge in [-0.25, -0.2) is 4.79 Å².